The molecule has 1 fully saturated rings. The first-order chi connectivity index (χ1) is 14.3. The molecule has 1 aromatic carbocycles. The highest BCUT2D eigenvalue weighted by atomic mass is 32.1. The number of nitrogens with zero attached hydrogens (tertiary/aromatic N) is 5. The Morgan fingerprint density at radius 2 is 1.83 bits per heavy atom. The summed E-state index contributed by atoms with van der Waals surface area (Å²) in [5, 5.41) is 0. The van der Waals surface area contributed by atoms with Crippen LogP contribution in [0.25, 0.3) is 22.6 Å². The first-order valence-electron chi connectivity index (χ1n) is 9.02. The number of aromatic nitrogens is 4. The number of alkyl halides is 3. The molecule has 7 nitrogen and oxygen atoms in total. The van der Waals surface area contributed by atoms with Crippen LogP contribution in [0.15, 0.2) is 41.4 Å². The Morgan fingerprint density at radius 3 is 2.53 bits per heavy atom. The predicted molar refractivity (Wildman–Crippen MR) is 108 cm³/mol. The molecule has 0 unspecified atom stereocenters. The van der Waals surface area contributed by atoms with Crippen LogP contribution in [0, 0.1) is 0 Å². The molecular formula is C19H17F3N6OS. The topological polar surface area (TPSA) is 90.0 Å². The Balaban J connectivity index is 1.91. The first kappa shape index (κ1) is 20.4. The molecule has 1 saturated heterocycles. The Morgan fingerprint density at radius 1 is 1.07 bits per heavy atom. The van der Waals surface area contributed by atoms with E-state index in [9.17, 15) is 13.2 Å². The number of benzene rings is 1. The minimum absolute atomic E-state index is 0.133. The smallest absolute Gasteiger partial charge is 0.378 e. The fraction of sp³-hybridized carbons (Fsp3) is 0.263. The zero-order valence-corrected chi connectivity index (χ0v) is 16.5. The number of hydrogen-bond donors (Lipinski definition) is 2. The highest BCUT2D eigenvalue weighted by molar-refractivity contribution is 7.80. The van der Waals surface area contributed by atoms with Gasteiger partial charge in [-0.1, -0.05) is 12.1 Å². The van der Waals surface area contributed by atoms with E-state index in [1.807, 2.05) is 4.90 Å². The van der Waals surface area contributed by atoms with E-state index < -0.39 is 17.8 Å². The van der Waals surface area contributed by atoms with Crippen molar-refractivity contribution in [2.24, 2.45) is 0 Å². The van der Waals surface area contributed by atoms with Crippen LogP contribution in [0.5, 0.6) is 0 Å². The summed E-state index contributed by atoms with van der Waals surface area (Å²) >= 11 is 4.34. The molecule has 0 radical (unpaired) electrons. The molecule has 1 aliphatic rings. The number of thiol groups is 1. The van der Waals surface area contributed by atoms with Gasteiger partial charge < -0.3 is 15.4 Å². The van der Waals surface area contributed by atoms with Gasteiger partial charge in [0.25, 0.3) is 0 Å². The van der Waals surface area contributed by atoms with E-state index >= 15 is 0 Å². The molecule has 156 valence electrons. The summed E-state index contributed by atoms with van der Waals surface area (Å²) in [5.74, 6) is -0.114. The Kier molecular flexibility index (Phi) is 5.48. The van der Waals surface area contributed by atoms with Gasteiger partial charge >= 0.3 is 6.18 Å². The van der Waals surface area contributed by atoms with E-state index in [0.29, 0.717) is 48.3 Å². The second-order valence-electron chi connectivity index (χ2n) is 6.57. The van der Waals surface area contributed by atoms with Crippen molar-refractivity contribution in [1.82, 2.24) is 19.9 Å². The zero-order chi connectivity index (χ0) is 21.3. The van der Waals surface area contributed by atoms with E-state index in [1.54, 1.807) is 30.3 Å². The van der Waals surface area contributed by atoms with Crippen LogP contribution in [-0.4, -0.2) is 46.2 Å². The average Bonchev–Trinajstić information content (AvgIpc) is 2.73. The molecule has 11 heteroatoms. The zero-order valence-electron chi connectivity index (χ0n) is 15.6. The third kappa shape index (κ3) is 4.31. The number of rotatable bonds is 3. The molecule has 3 aromatic rings. The molecule has 0 bridgehead atoms. The molecule has 2 N–H and O–H groups in total. The van der Waals surface area contributed by atoms with E-state index in [4.69, 9.17) is 10.5 Å². The largest absolute Gasteiger partial charge is 0.434 e. The van der Waals surface area contributed by atoms with Crippen LogP contribution < -0.4 is 10.6 Å². The van der Waals surface area contributed by atoms with Gasteiger partial charge in [-0.3, -0.25) is 0 Å². The van der Waals surface area contributed by atoms with Crippen molar-refractivity contribution >= 4 is 24.4 Å². The van der Waals surface area contributed by atoms with Crippen LogP contribution in [0.3, 0.4) is 0 Å². The van der Waals surface area contributed by atoms with Crippen LogP contribution in [0.4, 0.5) is 24.9 Å². The lowest BCUT2D eigenvalue weighted by molar-refractivity contribution is -0.140. The summed E-state index contributed by atoms with van der Waals surface area (Å²) in [6, 6.07) is 8.92. The summed E-state index contributed by atoms with van der Waals surface area (Å²) in [6.45, 7) is 2.12. The third-order valence-electron chi connectivity index (χ3n) is 4.51. The van der Waals surface area contributed by atoms with Crippen molar-refractivity contribution in [2.75, 3.05) is 36.9 Å². The quantitative estimate of drug-likeness (QED) is 0.611. The van der Waals surface area contributed by atoms with Gasteiger partial charge in [0, 0.05) is 35.8 Å². The number of halogens is 3. The van der Waals surface area contributed by atoms with E-state index in [2.05, 4.69) is 32.6 Å². The number of nitrogens with two attached hydrogens (primary N) is 1. The predicted octanol–water partition coefficient (Wildman–Crippen LogP) is 3.33. The molecule has 1 aliphatic heterocycles. The number of ether oxygens (including phenoxy) is 1. The SMILES string of the molecule is Nc1ncc(-c2nc(-c3cccc(S)c3)cc(N3CCOCC3)n2)c(C(F)(F)F)n1. The molecule has 4 rings (SSSR count). The van der Waals surface area contributed by atoms with Crippen molar-refractivity contribution in [1.29, 1.82) is 0 Å². The number of anilines is 2. The summed E-state index contributed by atoms with van der Waals surface area (Å²) in [4.78, 5) is 18.6. The molecule has 3 heterocycles. The highest BCUT2D eigenvalue weighted by Gasteiger charge is 2.37. The first-order valence-corrected chi connectivity index (χ1v) is 9.47. The molecule has 0 spiro atoms. The van der Waals surface area contributed by atoms with Crippen molar-refractivity contribution in [3.63, 3.8) is 0 Å². The lowest BCUT2D eigenvalue weighted by Crippen LogP contribution is -2.36. The Labute approximate surface area is 175 Å². The van der Waals surface area contributed by atoms with Gasteiger partial charge in [0.1, 0.15) is 5.82 Å². The van der Waals surface area contributed by atoms with E-state index in [0.717, 1.165) is 6.20 Å². The standard InChI is InChI=1S/C19H17F3N6OS/c20-19(21,22)16-13(10-24-18(23)27-16)17-25-14(11-2-1-3-12(30)8-11)9-15(26-17)28-4-6-29-7-5-28/h1-3,8-10,30H,4-7H2,(H2,23,24,27). The highest BCUT2D eigenvalue weighted by Crippen LogP contribution is 2.36. The van der Waals surface area contributed by atoms with Gasteiger partial charge in [-0.15, -0.1) is 12.6 Å². The normalized spacial score (nSPS) is 14.7. The van der Waals surface area contributed by atoms with Crippen LogP contribution in [0.2, 0.25) is 0 Å². The summed E-state index contributed by atoms with van der Waals surface area (Å²) < 4.78 is 46.2. The van der Waals surface area contributed by atoms with Crippen LogP contribution in [-0.2, 0) is 10.9 Å². The van der Waals surface area contributed by atoms with Crippen molar-refractivity contribution in [2.45, 2.75) is 11.1 Å². The fourth-order valence-corrected chi connectivity index (χ4v) is 3.32. The van der Waals surface area contributed by atoms with Crippen molar-refractivity contribution < 1.29 is 17.9 Å². The second-order valence-corrected chi connectivity index (χ2v) is 7.09. The Hall–Kier alpha value is -2.92. The second kappa shape index (κ2) is 8.07. The Bertz CT molecular complexity index is 1070. The van der Waals surface area contributed by atoms with Gasteiger partial charge in [0.05, 0.1) is 24.5 Å². The van der Waals surface area contributed by atoms with Gasteiger partial charge in [0.2, 0.25) is 5.95 Å². The number of nitrogen functional groups attached to an aromatic ring is 1. The summed E-state index contributed by atoms with van der Waals surface area (Å²) in [6.07, 6.45) is -3.74. The minimum atomic E-state index is -4.74. The van der Waals surface area contributed by atoms with E-state index in [1.165, 1.54) is 0 Å². The molecule has 30 heavy (non-hydrogen) atoms. The average molecular weight is 434 g/mol. The maximum absolute atomic E-state index is 13.6. The third-order valence-corrected chi connectivity index (χ3v) is 4.78. The minimum Gasteiger partial charge on any atom is -0.378 e. The van der Waals surface area contributed by atoms with Crippen molar-refractivity contribution in [3.05, 3.63) is 42.2 Å². The molecule has 0 aliphatic carbocycles. The van der Waals surface area contributed by atoms with Crippen molar-refractivity contribution in [3.8, 4) is 22.6 Å². The monoisotopic (exact) mass is 434 g/mol. The molecule has 2 aromatic heterocycles. The molecule has 0 saturated carbocycles. The molecule has 0 amide bonds. The molecular weight excluding hydrogens is 417 g/mol. The number of morpholine rings is 1. The number of hydrogen-bond acceptors (Lipinski definition) is 8. The lowest BCUT2D eigenvalue weighted by atomic mass is 10.1. The van der Waals surface area contributed by atoms with Gasteiger partial charge in [-0.2, -0.15) is 13.2 Å². The maximum atomic E-state index is 13.6. The lowest BCUT2D eigenvalue weighted by Gasteiger charge is -2.28. The molecule has 0 atom stereocenters. The fourth-order valence-electron chi connectivity index (χ4n) is 3.10. The van der Waals surface area contributed by atoms with E-state index in [-0.39, 0.29) is 11.4 Å². The van der Waals surface area contributed by atoms with Gasteiger partial charge in [-0.05, 0) is 12.1 Å². The van der Waals surface area contributed by atoms with Gasteiger partial charge in [0.15, 0.2) is 11.5 Å². The van der Waals surface area contributed by atoms with Crippen LogP contribution in [0.1, 0.15) is 5.69 Å². The van der Waals surface area contributed by atoms with Gasteiger partial charge in [-0.25, -0.2) is 19.9 Å². The maximum Gasteiger partial charge on any atom is 0.434 e. The summed E-state index contributed by atoms with van der Waals surface area (Å²) in [5.41, 5.74) is 5.04. The summed E-state index contributed by atoms with van der Waals surface area (Å²) in [7, 11) is 0. The van der Waals surface area contributed by atoms with Crippen LogP contribution >= 0.6 is 12.6 Å².